The normalized spacial score (nSPS) is 30.2. The quantitative estimate of drug-likeness (QED) is 0.237. The first kappa shape index (κ1) is 16.9. The van der Waals surface area contributed by atoms with E-state index in [1.54, 1.807) is 6.07 Å². The van der Waals surface area contributed by atoms with E-state index in [1.165, 1.54) is 6.92 Å². The van der Waals surface area contributed by atoms with E-state index in [0.717, 1.165) is 11.3 Å². The molecule has 1 aliphatic heterocycles. The molecule has 2 amide bonds. The maximum absolute atomic E-state index is 12.4. The Balaban J connectivity index is 1.59. The van der Waals surface area contributed by atoms with Crippen molar-refractivity contribution in [2.24, 2.45) is 29.4 Å². The number of likely N-dealkylation sites (tertiary alicyclic amines) is 1. The van der Waals surface area contributed by atoms with Crippen molar-refractivity contribution >= 4 is 23.6 Å². The number of nitriles is 1. The third-order valence-corrected chi connectivity index (χ3v) is 5.00. The smallest absolute Gasteiger partial charge is 0.326 e. The van der Waals surface area contributed by atoms with E-state index < -0.39 is 24.9 Å². The summed E-state index contributed by atoms with van der Waals surface area (Å²) in [6.45, 7) is 0.206. The molecule has 25 heavy (non-hydrogen) atoms. The molecule has 0 aromatic carbocycles. The van der Waals surface area contributed by atoms with Crippen LogP contribution in [-0.4, -0.2) is 41.6 Å². The lowest BCUT2D eigenvalue weighted by Crippen LogP contribution is -2.38. The monoisotopic (exact) mass is 343 g/mol. The van der Waals surface area contributed by atoms with Crippen LogP contribution in [0.15, 0.2) is 23.4 Å². The highest BCUT2D eigenvalue weighted by molar-refractivity contribution is 6.08. The maximum atomic E-state index is 12.4. The molecule has 1 heterocycles. The molecular weight excluding hydrogens is 326 g/mol. The lowest BCUT2D eigenvalue weighted by Gasteiger charge is -2.16. The van der Waals surface area contributed by atoms with Gasteiger partial charge in [0, 0.05) is 5.70 Å². The summed E-state index contributed by atoms with van der Waals surface area (Å²) in [6, 6.07) is 1.64. The molecule has 3 rings (SSSR count). The van der Waals surface area contributed by atoms with Crippen molar-refractivity contribution < 1.29 is 23.9 Å². The van der Waals surface area contributed by atoms with E-state index in [-0.39, 0.29) is 46.8 Å². The Bertz CT molecular complexity index is 742. The fourth-order valence-corrected chi connectivity index (χ4v) is 3.88. The predicted octanol–water partition coefficient (Wildman–Crippen LogP) is -0.338. The minimum absolute atomic E-state index is 0.0317. The third kappa shape index (κ3) is 2.71. The number of Topliss-reactive ketones (excluding diaryl/α,β-unsaturated/α-hetero) is 1. The number of imide groups is 1. The van der Waals surface area contributed by atoms with Crippen LogP contribution < -0.4 is 5.73 Å². The van der Waals surface area contributed by atoms with E-state index >= 15 is 0 Å². The molecule has 0 spiro atoms. The Labute approximate surface area is 143 Å². The van der Waals surface area contributed by atoms with Crippen LogP contribution in [0.4, 0.5) is 0 Å². The van der Waals surface area contributed by atoms with Gasteiger partial charge in [0.2, 0.25) is 17.6 Å². The second kappa shape index (κ2) is 6.16. The van der Waals surface area contributed by atoms with Gasteiger partial charge in [-0.05, 0) is 25.2 Å². The van der Waals surface area contributed by atoms with Gasteiger partial charge in [0.15, 0.2) is 6.61 Å². The number of hydrogen-bond acceptors (Lipinski definition) is 7. The average Bonchev–Trinajstić information content (AvgIpc) is 3.23. The number of carbonyl (C=O) groups is 4. The largest absolute Gasteiger partial charge is 0.456 e. The summed E-state index contributed by atoms with van der Waals surface area (Å²) >= 11 is 0. The molecule has 1 saturated heterocycles. The van der Waals surface area contributed by atoms with Crippen molar-refractivity contribution in [2.45, 2.75) is 13.3 Å². The maximum Gasteiger partial charge on any atom is 0.326 e. The number of rotatable bonds is 5. The first-order chi connectivity index (χ1) is 11.8. The van der Waals surface area contributed by atoms with Gasteiger partial charge in [-0.25, -0.2) is 0 Å². The van der Waals surface area contributed by atoms with Gasteiger partial charge in [-0.3, -0.25) is 24.1 Å². The summed E-state index contributed by atoms with van der Waals surface area (Å²) in [5.41, 5.74) is 5.15. The highest BCUT2D eigenvalue weighted by Gasteiger charge is 2.59. The highest BCUT2D eigenvalue weighted by atomic mass is 16.5. The van der Waals surface area contributed by atoms with E-state index in [4.69, 9.17) is 15.7 Å². The number of hydrogen-bond donors (Lipinski definition) is 1. The molecule has 2 fully saturated rings. The van der Waals surface area contributed by atoms with Gasteiger partial charge in [0.05, 0.1) is 11.8 Å². The van der Waals surface area contributed by atoms with Crippen LogP contribution in [0.25, 0.3) is 0 Å². The van der Waals surface area contributed by atoms with E-state index in [0.29, 0.717) is 0 Å². The van der Waals surface area contributed by atoms with Gasteiger partial charge in [0.1, 0.15) is 18.2 Å². The van der Waals surface area contributed by atoms with Gasteiger partial charge in [0.25, 0.3) is 0 Å². The molecule has 2 N–H and O–H groups in total. The van der Waals surface area contributed by atoms with Crippen molar-refractivity contribution in [3.05, 3.63) is 23.4 Å². The molecule has 0 radical (unpaired) electrons. The number of esters is 1. The number of allylic oxidation sites excluding steroid dienone is 3. The summed E-state index contributed by atoms with van der Waals surface area (Å²) < 4.78 is 4.80. The van der Waals surface area contributed by atoms with E-state index in [1.807, 2.05) is 12.2 Å². The fourth-order valence-electron chi connectivity index (χ4n) is 3.88. The topological polar surface area (TPSA) is 131 Å². The number of nitrogens with zero attached hydrogens (tertiary/aromatic N) is 2. The number of ketones is 1. The first-order valence-corrected chi connectivity index (χ1v) is 7.94. The average molecular weight is 343 g/mol. The zero-order chi connectivity index (χ0) is 18.3. The van der Waals surface area contributed by atoms with Gasteiger partial charge < -0.3 is 10.5 Å². The number of ether oxygens (including phenoxy) is 1. The second-order valence-corrected chi connectivity index (χ2v) is 6.52. The van der Waals surface area contributed by atoms with Crippen molar-refractivity contribution in [1.82, 2.24) is 4.90 Å². The molecule has 3 aliphatic rings. The van der Waals surface area contributed by atoms with Crippen LogP contribution in [-0.2, 0) is 23.9 Å². The molecule has 0 aromatic heterocycles. The lowest BCUT2D eigenvalue weighted by molar-refractivity contribution is -0.154. The van der Waals surface area contributed by atoms with Gasteiger partial charge in [-0.2, -0.15) is 5.26 Å². The van der Waals surface area contributed by atoms with Crippen LogP contribution in [0, 0.1) is 35.0 Å². The molecular formula is C17H17N3O5. The SMILES string of the molecule is CC(N)=C(C#N)C(=O)COC(=O)CN1C(=O)C2C3C=CC(C3)C2C1=O. The number of fused-ring (bicyclic) bond motifs is 5. The van der Waals surface area contributed by atoms with Crippen molar-refractivity contribution in [1.29, 1.82) is 5.26 Å². The summed E-state index contributed by atoms with van der Waals surface area (Å²) in [6.07, 6.45) is 4.73. The summed E-state index contributed by atoms with van der Waals surface area (Å²) in [5.74, 6) is -2.96. The molecule has 8 heteroatoms. The third-order valence-electron chi connectivity index (χ3n) is 5.00. The molecule has 0 aromatic rings. The lowest BCUT2D eigenvalue weighted by atomic mass is 9.85. The predicted molar refractivity (Wildman–Crippen MR) is 82.9 cm³/mol. The van der Waals surface area contributed by atoms with Crippen molar-refractivity contribution in [3.63, 3.8) is 0 Å². The van der Waals surface area contributed by atoms with Crippen LogP contribution in [0.2, 0.25) is 0 Å². The first-order valence-electron chi connectivity index (χ1n) is 7.94. The second-order valence-electron chi connectivity index (χ2n) is 6.52. The zero-order valence-corrected chi connectivity index (χ0v) is 13.6. The van der Waals surface area contributed by atoms with Gasteiger partial charge in [-0.1, -0.05) is 12.2 Å². The van der Waals surface area contributed by atoms with Crippen LogP contribution in [0.3, 0.4) is 0 Å². The van der Waals surface area contributed by atoms with Gasteiger partial charge >= 0.3 is 5.97 Å². The standard InChI is InChI=1S/C17H17N3O5/c1-8(19)11(5-18)12(21)7-25-13(22)6-20-16(23)14-9-2-3-10(4-9)15(14)17(20)24/h2-3,9-10,14-15H,4,6-7,19H2,1H3. The molecule has 2 aliphatic carbocycles. The van der Waals surface area contributed by atoms with Crippen LogP contribution in [0.1, 0.15) is 13.3 Å². The zero-order valence-electron chi connectivity index (χ0n) is 13.6. The van der Waals surface area contributed by atoms with Gasteiger partial charge in [-0.15, -0.1) is 0 Å². The Morgan fingerprint density at radius 3 is 2.32 bits per heavy atom. The van der Waals surface area contributed by atoms with Crippen molar-refractivity contribution in [2.75, 3.05) is 13.2 Å². The highest BCUT2D eigenvalue weighted by Crippen LogP contribution is 2.52. The summed E-state index contributed by atoms with van der Waals surface area (Å²) in [7, 11) is 0. The van der Waals surface area contributed by atoms with Crippen molar-refractivity contribution in [3.8, 4) is 6.07 Å². The Kier molecular flexibility index (Phi) is 4.17. The van der Waals surface area contributed by atoms with E-state index in [9.17, 15) is 19.2 Å². The number of carbonyl (C=O) groups excluding carboxylic acids is 4. The summed E-state index contributed by atoms with van der Waals surface area (Å²) in [5, 5.41) is 8.83. The Morgan fingerprint density at radius 1 is 1.28 bits per heavy atom. The molecule has 2 bridgehead atoms. The molecule has 8 nitrogen and oxygen atoms in total. The van der Waals surface area contributed by atoms with Crippen LogP contribution in [0.5, 0.6) is 0 Å². The van der Waals surface area contributed by atoms with Crippen LogP contribution >= 0.6 is 0 Å². The number of amides is 2. The Morgan fingerprint density at radius 2 is 1.84 bits per heavy atom. The molecule has 130 valence electrons. The molecule has 1 saturated carbocycles. The number of nitrogens with two attached hydrogens (primary N) is 1. The minimum atomic E-state index is -0.873. The molecule has 4 unspecified atom stereocenters. The minimum Gasteiger partial charge on any atom is -0.456 e. The summed E-state index contributed by atoms with van der Waals surface area (Å²) in [4.78, 5) is 49.4. The fraction of sp³-hybridized carbons (Fsp3) is 0.471. The molecule has 4 atom stereocenters. The van der Waals surface area contributed by atoms with E-state index in [2.05, 4.69) is 0 Å². The Hall–Kier alpha value is -2.95.